The molecule has 2 aromatic rings. The van der Waals surface area contributed by atoms with Crippen LogP contribution in [-0.2, 0) is 16.1 Å². The van der Waals surface area contributed by atoms with Gasteiger partial charge in [-0.15, -0.1) is 0 Å². The van der Waals surface area contributed by atoms with Crippen molar-refractivity contribution in [3.63, 3.8) is 0 Å². The molecule has 0 aliphatic heterocycles. The summed E-state index contributed by atoms with van der Waals surface area (Å²) in [5, 5.41) is 2.99. The minimum absolute atomic E-state index is 0.0373. The molecular formula is C26H36N2O4. The fraction of sp³-hybridized carbons (Fsp3) is 0.462. The number of ether oxygens (including phenoxy) is 2. The Balaban J connectivity index is 1.97. The third-order valence-electron chi connectivity index (χ3n) is 5.27. The summed E-state index contributed by atoms with van der Waals surface area (Å²) in [6.07, 6.45) is 3.40. The number of carbonyl (C=O) groups is 2. The van der Waals surface area contributed by atoms with E-state index in [1.54, 1.807) is 12.0 Å². The number of carbonyl (C=O) groups excluding carboxylic acids is 2. The summed E-state index contributed by atoms with van der Waals surface area (Å²) >= 11 is 0. The molecule has 0 heterocycles. The summed E-state index contributed by atoms with van der Waals surface area (Å²) in [7, 11) is 1.62. The summed E-state index contributed by atoms with van der Waals surface area (Å²) in [6.45, 7) is 5.51. The van der Waals surface area contributed by atoms with Gasteiger partial charge in [-0.3, -0.25) is 9.59 Å². The molecule has 0 spiro atoms. The molecule has 0 saturated carbocycles. The van der Waals surface area contributed by atoms with Crippen molar-refractivity contribution in [3.05, 3.63) is 60.2 Å². The van der Waals surface area contributed by atoms with E-state index in [-0.39, 0.29) is 11.8 Å². The highest BCUT2D eigenvalue weighted by Gasteiger charge is 2.28. The highest BCUT2D eigenvalue weighted by atomic mass is 16.5. The van der Waals surface area contributed by atoms with Crippen LogP contribution in [0.25, 0.3) is 0 Å². The van der Waals surface area contributed by atoms with Gasteiger partial charge in [0, 0.05) is 19.5 Å². The van der Waals surface area contributed by atoms with Gasteiger partial charge in [-0.05, 0) is 49.1 Å². The SMILES string of the molecule is CCCCNC(=O)[C@H](CC)N(Cc1ccccc1)C(=O)CCCOc1ccc(OC)cc1. The van der Waals surface area contributed by atoms with Crippen LogP contribution in [0.4, 0.5) is 0 Å². The highest BCUT2D eigenvalue weighted by molar-refractivity contribution is 5.87. The molecule has 0 aliphatic rings. The second-order valence-electron chi connectivity index (χ2n) is 7.70. The van der Waals surface area contributed by atoms with Crippen molar-refractivity contribution in [1.29, 1.82) is 0 Å². The minimum atomic E-state index is -0.484. The lowest BCUT2D eigenvalue weighted by Gasteiger charge is -2.30. The number of nitrogens with zero attached hydrogens (tertiary/aromatic N) is 1. The third kappa shape index (κ3) is 8.25. The van der Waals surface area contributed by atoms with Crippen LogP contribution < -0.4 is 14.8 Å². The predicted molar refractivity (Wildman–Crippen MR) is 127 cm³/mol. The first-order chi connectivity index (χ1) is 15.6. The molecule has 0 aliphatic carbocycles. The Morgan fingerprint density at radius 1 is 0.969 bits per heavy atom. The average Bonchev–Trinajstić information content (AvgIpc) is 2.82. The Morgan fingerprint density at radius 2 is 1.66 bits per heavy atom. The largest absolute Gasteiger partial charge is 0.497 e. The van der Waals surface area contributed by atoms with Gasteiger partial charge in [-0.2, -0.15) is 0 Å². The maximum atomic E-state index is 13.2. The molecule has 2 amide bonds. The fourth-order valence-corrected chi connectivity index (χ4v) is 3.43. The fourth-order valence-electron chi connectivity index (χ4n) is 3.43. The molecule has 32 heavy (non-hydrogen) atoms. The van der Waals surface area contributed by atoms with E-state index in [1.165, 1.54) is 0 Å². The van der Waals surface area contributed by atoms with Gasteiger partial charge in [-0.25, -0.2) is 0 Å². The number of benzene rings is 2. The second kappa shape index (κ2) is 14.1. The van der Waals surface area contributed by atoms with Crippen molar-refractivity contribution < 1.29 is 19.1 Å². The van der Waals surface area contributed by atoms with Crippen molar-refractivity contribution in [2.24, 2.45) is 0 Å². The number of amides is 2. The Bertz CT molecular complexity index is 808. The number of hydrogen-bond acceptors (Lipinski definition) is 4. The maximum absolute atomic E-state index is 13.2. The minimum Gasteiger partial charge on any atom is -0.497 e. The molecular weight excluding hydrogens is 404 g/mol. The van der Waals surface area contributed by atoms with Gasteiger partial charge in [0.25, 0.3) is 0 Å². The van der Waals surface area contributed by atoms with Crippen molar-refractivity contribution >= 4 is 11.8 Å². The van der Waals surface area contributed by atoms with E-state index in [9.17, 15) is 9.59 Å². The Labute approximate surface area is 191 Å². The Morgan fingerprint density at radius 3 is 2.28 bits per heavy atom. The smallest absolute Gasteiger partial charge is 0.242 e. The molecule has 1 N–H and O–H groups in total. The van der Waals surface area contributed by atoms with E-state index in [1.807, 2.05) is 61.5 Å². The van der Waals surface area contributed by atoms with Crippen molar-refractivity contribution in [1.82, 2.24) is 10.2 Å². The standard InChI is InChI=1S/C26H36N2O4/c1-4-6-18-27-26(30)24(5-2)28(20-21-11-8-7-9-12-21)25(29)13-10-19-32-23-16-14-22(31-3)15-17-23/h7-9,11-12,14-17,24H,4-6,10,13,18-20H2,1-3H3,(H,27,30)/t24-/m0/s1. The van der Waals surface area contributed by atoms with Crippen molar-refractivity contribution in [3.8, 4) is 11.5 Å². The van der Waals surface area contributed by atoms with Gasteiger partial charge in [0.1, 0.15) is 17.5 Å². The quantitative estimate of drug-likeness (QED) is 0.437. The van der Waals surface area contributed by atoms with Crippen molar-refractivity contribution in [2.75, 3.05) is 20.3 Å². The molecule has 0 bridgehead atoms. The molecule has 6 nitrogen and oxygen atoms in total. The van der Waals surface area contributed by atoms with Crippen LogP contribution in [0.2, 0.25) is 0 Å². The second-order valence-corrected chi connectivity index (χ2v) is 7.70. The average molecular weight is 441 g/mol. The lowest BCUT2D eigenvalue weighted by Crippen LogP contribution is -2.49. The number of methoxy groups -OCH3 is 1. The number of hydrogen-bond donors (Lipinski definition) is 1. The zero-order chi connectivity index (χ0) is 23.2. The van der Waals surface area contributed by atoms with Gasteiger partial charge < -0.3 is 19.7 Å². The highest BCUT2D eigenvalue weighted by Crippen LogP contribution is 2.18. The van der Waals surface area contributed by atoms with E-state index < -0.39 is 6.04 Å². The van der Waals surface area contributed by atoms with E-state index in [4.69, 9.17) is 9.47 Å². The van der Waals surface area contributed by atoms with Gasteiger partial charge >= 0.3 is 0 Å². The lowest BCUT2D eigenvalue weighted by molar-refractivity contribution is -0.141. The molecule has 0 unspecified atom stereocenters. The van der Waals surface area contributed by atoms with Gasteiger partial charge in [0.05, 0.1) is 13.7 Å². The summed E-state index contributed by atoms with van der Waals surface area (Å²) in [5.41, 5.74) is 1.01. The van der Waals surface area contributed by atoms with Gasteiger partial charge in [-0.1, -0.05) is 50.6 Å². The molecule has 1 atom stereocenters. The van der Waals surface area contributed by atoms with E-state index in [2.05, 4.69) is 12.2 Å². The first-order valence-electron chi connectivity index (χ1n) is 11.5. The molecule has 0 saturated heterocycles. The molecule has 0 aromatic heterocycles. The summed E-state index contributed by atoms with van der Waals surface area (Å²) in [4.78, 5) is 27.7. The summed E-state index contributed by atoms with van der Waals surface area (Å²) in [5.74, 6) is 1.39. The van der Waals surface area contributed by atoms with Crippen LogP contribution in [-0.4, -0.2) is 43.0 Å². The van der Waals surface area contributed by atoms with E-state index >= 15 is 0 Å². The Hall–Kier alpha value is -3.02. The first-order valence-corrected chi connectivity index (χ1v) is 11.5. The molecule has 2 aromatic carbocycles. The number of nitrogens with one attached hydrogen (secondary N) is 1. The van der Waals surface area contributed by atoms with Crippen molar-refractivity contribution in [2.45, 2.75) is 58.5 Å². The molecule has 174 valence electrons. The summed E-state index contributed by atoms with van der Waals surface area (Å²) in [6, 6.07) is 16.7. The van der Waals surface area contributed by atoms with E-state index in [0.717, 1.165) is 29.9 Å². The van der Waals surface area contributed by atoms with Gasteiger partial charge in [0.15, 0.2) is 0 Å². The van der Waals surface area contributed by atoms with Crippen LogP contribution in [0.15, 0.2) is 54.6 Å². The number of unbranched alkanes of at least 4 members (excludes halogenated alkanes) is 1. The lowest BCUT2D eigenvalue weighted by atomic mass is 10.1. The monoisotopic (exact) mass is 440 g/mol. The molecule has 0 radical (unpaired) electrons. The van der Waals surface area contributed by atoms with Crippen LogP contribution >= 0.6 is 0 Å². The molecule has 6 heteroatoms. The third-order valence-corrected chi connectivity index (χ3v) is 5.27. The van der Waals surface area contributed by atoms with Crippen LogP contribution in [0.5, 0.6) is 11.5 Å². The van der Waals surface area contributed by atoms with E-state index in [0.29, 0.717) is 39.0 Å². The van der Waals surface area contributed by atoms with Crippen LogP contribution in [0, 0.1) is 0 Å². The Kier molecular flexibility index (Phi) is 11.1. The number of rotatable bonds is 14. The maximum Gasteiger partial charge on any atom is 0.242 e. The zero-order valence-electron chi connectivity index (χ0n) is 19.5. The summed E-state index contributed by atoms with van der Waals surface area (Å²) < 4.78 is 10.9. The van der Waals surface area contributed by atoms with Crippen LogP contribution in [0.3, 0.4) is 0 Å². The van der Waals surface area contributed by atoms with Gasteiger partial charge in [0.2, 0.25) is 11.8 Å². The van der Waals surface area contributed by atoms with Crippen LogP contribution in [0.1, 0.15) is 51.5 Å². The molecule has 2 rings (SSSR count). The normalized spacial score (nSPS) is 11.5. The molecule has 0 fully saturated rings. The predicted octanol–water partition coefficient (Wildman–Crippen LogP) is 4.58. The topological polar surface area (TPSA) is 67.9 Å². The first kappa shape index (κ1) is 25.2. The zero-order valence-corrected chi connectivity index (χ0v) is 19.5.